The summed E-state index contributed by atoms with van der Waals surface area (Å²) in [5, 5.41) is 11.4. The van der Waals surface area contributed by atoms with Crippen LogP contribution in [-0.4, -0.2) is 24.6 Å². The molecule has 226 valence electrons. The van der Waals surface area contributed by atoms with Crippen LogP contribution in [0, 0.1) is 0 Å². The van der Waals surface area contributed by atoms with Crippen LogP contribution in [0.2, 0.25) is 0 Å². The lowest BCUT2D eigenvalue weighted by Gasteiger charge is -2.57. The van der Waals surface area contributed by atoms with Gasteiger partial charge in [0, 0.05) is 10.2 Å². The summed E-state index contributed by atoms with van der Waals surface area (Å²) in [5.74, 6) is 0. The standard InChI is InChI=1S/C23H19P.C13H11P.C5H9P.CH4/c1-24-14-18-12-10-16-6-2-4-8-20(16)22(18)23-19(15-24)13-11-17-7-3-5-9-21(17)23;1-14-12-8-4-2-6-10(12)11-7-3-5-9-13(11)14;1-6-4-2-5(6)3-4;/h2-13H,14-15H2,1H3;2-9H,1H3;4-5H,2-3H2,1H3;1H4. The SMILES string of the molecule is C.CP1C2CC1C2.CP1Cc2ccc3ccccc3c2-c2c(ccc3ccccc23)C1.Cp1c2ccccc2c2ccccc21. The van der Waals surface area contributed by atoms with Crippen LogP contribution in [0.4, 0.5) is 0 Å². The lowest BCUT2D eigenvalue weighted by molar-refractivity contribution is 0.452. The van der Waals surface area contributed by atoms with Crippen molar-refractivity contribution < 1.29 is 0 Å². The number of benzene rings is 6. The second-order valence-electron chi connectivity index (χ2n) is 12.9. The molecule has 2 saturated heterocycles. The Bertz CT molecular complexity index is 2000. The van der Waals surface area contributed by atoms with Crippen LogP contribution < -0.4 is 0 Å². The highest BCUT2D eigenvalue weighted by Gasteiger charge is 2.48. The van der Waals surface area contributed by atoms with Crippen LogP contribution in [0.15, 0.2) is 121 Å². The molecule has 3 fully saturated rings. The molecule has 45 heavy (non-hydrogen) atoms. The van der Waals surface area contributed by atoms with Gasteiger partial charge in [-0.2, -0.15) is 0 Å². The van der Waals surface area contributed by atoms with Gasteiger partial charge in [0.2, 0.25) is 0 Å². The second kappa shape index (κ2) is 12.7. The summed E-state index contributed by atoms with van der Waals surface area (Å²) in [7, 11) is 0.519. The predicted octanol–water partition coefficient (Wildman–Crippen LogP) is 13.6. The molecule has 3 heteroatoms. The van der Waals surface area contributed by atoms with Gasteiger partial charge in [-0.25, -0.2) is 0 Å². The average molecular weight is 641 g/mol. The molecule has 1 aliphatic carbocycles. The molecule has 0 spiro atoms. The minimum Gasteiger partial charge on any atom is -0.112 e. The average Bonchev–Trinajstić information content (AvgIpc) is 3.22. The van der Waals surface area contributed by atoms with E-state index in [0.717, 1.165) is 0 Å². The molecule has 3 aliphatic heterocycles. The molecular weight excluding hydrogens is 597 g/mol. The van der Waals surface area contributed by atoms with Crippen LogP contribution in [0.3, 0.4) is 0 Å². The number of hydrogen-bond acceptors (Lipinski definition) is 0. The maximum absolute atomic E-state index is 2.44. The number of fused-ring (bicyclic) bond motifs is 10. The van der Waals surface area contributed by atoms with E-state index in [4.69, 9.17) is 0 Å². The van der Waals surface area contributed by atoms with Crippen molar-refractivity contribution in [1.82, 2.24) is 0 Å². The van der Waals surface area contributed by atoms with Crippen molar-refractivity contribution in [2.75, 3.05) is 13.3 Å². The molecule has 6 aromatic carbocycles. The molecule has 4 heterocycles. The van der Waals surface area contributed by atoms with Crippen molar-refractivity contribution in [2.45, 2.75) is 43.9 Å². The Labute approximate surface area is 272 Å². The van der Waals surface area contributed by atoms with Gasteiger partial charge in [-0.05, 0) is 111 Å². The van der Waals surface area contributed by atoms with Crippen molar-refractivity contribution in [3.05, 3.63) is 132 Å². The lowest BCUT2D eigenvalue weighted by atomic mass is 9.88. The summed E-state index contributed by atoms with van der Waals surface area (Å²) in [6.45, 7) is 7.23. The fraction of sp³-hybridized carbons (Fsp3) is 0.238. The summed E-state index contributed by atoms with van der Waals surface area (Å²) in [6, 6.07) is 44.6. The third kappa shape index (κ3) is 5.45. The van der Waals surface area contributed by atoms with E-state index < -0.39 is 0 Å². The van der Waals surface area contributed by atoms with Crippen LogP contribution in [0.5, 0.6) is 0 Å². The first-order valence-electron chi connectivity index (χ1n) is 15.9. The third-order valence-corrected chi connectivity index (χ3v) is 17.4. The van der Waals surface area contributed by atoms with Crippen molar-refractivity contribution in [1.29, 1.82) is 0 Å². The Morgan fingerprint density at radius 2 is 0.844 bits per heavy atom. The third-order valence-electron chi connectivity index (χ3n) is 10.2. The van der Waals surface area contributed by atoms with E-state index in [1.165, 1.54) is 88.4 Å². The normalized spacial score (nSPS) is 19.5. The maximum Gasteiger partial charge on any atom is 0.00211 e. The Morgan fingerprint density at radius 1 is 0.467 bits per heavy atom. The summed E-state index contributed by atoms with van der Waals surface area (Å²) in [5.41, 5.74) is 8.49. The van der Waals surface area contributed by atoms with Gasteiger partial charge in [0.15, 0.2) is 0 Å². The monoisotopic (exact) mass is 640 g/mol. The van der Waals surface area contributed by atoms with E-state index >= 15 is 0 Å². The number of aryl methyl sites for hydroxylation is 1. The smallest absolute Gasteiger partial charge is 0.00211 e. The van der Waals surface area contributed by atoms with Crippen LogP contribution in [0.1, 0.15) is 31.4 Å². The molecule has 7 aromatic rings. The van der Waals surface area contributed by atoms with E-state index in [1.54, 1.807) is 12.8 Å². The number of rotatable bonds is 0. The van der Waals surface area contributed by atoms with Gasteiger partial charge in [0.25, 0.3) is 0 Å². The topological polar surface area (TPSA) is 0 Å². The van der Waals surface area contributed by atoms with E-state index in [0.29, 0.717) is 7.92 Å². The zero-order chi connectivity index (χ0) is 29.8. The highest BCUT2D eigenvalue weighted by Crippen LogP contribution is 2.70. The Balaban J connectivity index is 0.000000129. The molecular formula is C42H43P3. The Hall–Kier alpha value is -3.00. The van der Waals surface area contributed by atoms with E-state index in [9.17, 15) is 0 Å². The molecule has 0 nitrogen and oxygen atoms in total. The molecule has 2 bridgehead atoms. The highest BCUT2D eigenvalue weighted by molar-refractivity contribution is 7.62. The molecule has 1 saturated carbocycles. The Kier molecular flexibility index (Phi) is 8.62. The molecule has 0 unspecified atom stereocenters. The van der Waals surface area contributed by atoms with Crippen molar-refractivity contribution in [2.24, 2.45) is 6.66 Å². The summed E-state index contributed by atoms with van der Waals surface area (Å²) < 4.78 is 0. The van der Waals surface area contributed by atoms with E-state index in [2.05, 4.69) is 141 Å². The predicted molar refractivity (Wildman–Crippen MR) is 209 cm³/mol. The molecule has 0 amide bonds. The van der Waals surface area contributed by atoms with Gasteiger partial charge < -0.3 is 0 Å². The Morgan fingerprint density at radius 3 is 1.24 bits per heavy atom. The fourth-order valence-electron chi connectivity index (χ4n) is 7.49. The fourth-order valence-corrected chi connectivity index (χ4v) is 13.4. The minimum absolute atomic E-state index is 0. The van der Waals surface area contributed by atoms with Crippen molar-refractivity contribution in [3.63, 3.8) is 0 Å². The van der Waals surface area contributed by atoms with E-state index in [1.807, 2.05) is 0 Å². The highest BCUT2D eigenvalue weighted by atomic mass is 31.1. The van der Waals surface area contributed by atoms with Gasteiger partial charge in [-0.3, -0.25) is 0 Å². The minimum atomic E-state index is -0.0967. The van der Waals surface area contributed by atoms with Crippen LogP contribution >= 0.6 is 23.4 Å². The summed E-state index contributed by atoms with van der Waals surface area (Å²) in [4.78, 5) is 0. The van der Waals surface area contributed by atoms with Crippen LogP contribution in [0.25, 0.3) is 53.7 Å². The molecule has 0 radical (unpaired) electrons. The van der Waals surface area contributed by atoms with Crippen molar-refractivity contribution >= 4 is 65.9 Å². The zero-order valence-electron chi connectivity index (χ0n) is 25.9. The second-order valence-corrected chi connectivity index (χ2v) is 20.1. The first-order valence-corrected chi connectivity index (χ1v) is 21.8. The number of hydrogen-bond donors (Lipinski definition) is 0. The lowest BCUT2D eigenvalue weighted by Crippen LogP contribution is -2.45. The molecule has 4 aliphatic rings. The van der Waals surface area contributed by atoms with Crippen LogP contribution in [-0.2, 0) is 19.0 Å². The van der Waals surface area contributed by atoms with Gasteiger partial charge in [-0.1, -0.05) is 129 Å². The van der Waals surface area contributed by atoms with E-state index in [-0.39, 0.29) is 22.9 Å². The zero-order valence-corrected chi connectivity index (χ0v) is 28.6. The van der Waals surface area contributed by atoms with Gasteiger partial charge >= 0.3 is 0 Å². The molecule has 11 rings (SSSR count). The summed E-state index contributed by atoms with van der Waals surface area (Å²) >= 11 is 0. The summed E-state index contributed by atoms with van der Waals surface area (Å²) in [6.07, 6.45) is 5.64. The van der Waals surface area contributed by atoms with Gasteiger partial charge in [0.1, 0.15) is 0 Å². The first kappa shape index (κ1) is 30.6. The molecule has 0 N–H and O–H groups in total. The maximum atomic E-state index is 2.44. The van der Waals surface area contributed by atoms with Gasteiger partial charge in [0.05, 0.1) is 0 Å². The quantitative estimate of drug-likeness (QED) is 0.145. The van der Waals surface area contributed by atoms with Crippen molar-refractivity contribution in [3.8, 4) is 11.1 Å². The molecule has 1 aromatic heterocycles. The largest absolute Gasteiger partial charge is 0.112 e. The first-order chi connectivity index (χ1) is 21.6. The molecule has 0 atom stereocenters. The van der Waals surface area contributed by atoms with Gasteiger partial charge in [-0.15, -0.1) is 23.4 Å².